The number of benzene rings is 3. The molecule has 3 aromatic carbocycles. The first-order valence-electron chi connectivity index (χ1n) is 15.6. The van der Waals surface area contributed by atoms with Gasteiger partial charge >= 0.3 is 5.97 Å². The van der Waals surface area contributed by atoms with Gasteiger partial charge in [-0.1, -0.05) is 26.5 Å². The van der Waals surface area contributed by atoms with Crippen LogP contribution in [-0.2, 0) is 9.53 Å². The number of hydrogen-bond acceptors (Lipinski definition) is 9. The van der Waals surface area contributed by atoms with Crippen LogP contribution in [0.25, 0.3) is 0 Å². The average Bonchev–Trinajstić information content (AvgIpc) is 3.03. The molecule has 0 spiro atoms. The summed E-state index contributed by atoms with van der Waals surface area (Å²) in [5.74, 6) is -0.839. The van der Waals surface area contributed by atoms with Crippen LogP contribution in [0.4, 0.5) is 17.1 Å². The van der Waals surface area contributed by atoms with E-state index in [0.717, 1.165) is 0 Å². The van der Waals surface area contributed by atoms with Gasteiger partial charge in [0.1, 0.15) is 23.9 Å². The second kappa shape index (κ2) is 17.5. The third-order valence-corrected chi connectivity index (χ3v) is 6.29. The first kappa shape index (κ1) is 37.1. The van der Waals surface area contributed by atoms with E-state index in [9.17, 15) is 19.2 Å². The van der Waals surface area contributed by atoms with Crippen LogP contribution in [0.1, 0.15) is 72.6 Å². The highest BCUT2D eigenvalue weighted by atomic mass is 16.5. The molecular formula is C36H44N4O8. The second-order valence-corrected chi connectivity index (χ2v) is 11.7. The van der Waals surface area contributed by atoms with Crippen molar-refractivity contribution in [2.24, 2.45) is 11.7 Å². The maximum absolute atomic E-state index is 13.4. The van der Waals surface area contributed by atoms with Gasteiger partial charge in [-0.3, -0.25) is 14.4 Å². The summed E-state index contributed by atoms with van der Waals surface area (Å²) in [4.78, 5) is 51.1. The summed E-state index contributed by atoms with van der Waals surface area (Å²) in [5, 5.41) is 8.36. The molecule has 3 rings (SSSR count). The maximum atomic E-state index is 13.4. The van der Waals surface area contributed by atoms with Crippen LogP contribution in [0.15, 0.2) is 67.3 Å². The molecule has 0 saturated heterocycles. The number of anilines is 3. The maximum Gasteiger partial charge on any atom is 0.338 e. The van der Waals surface area contributed by atoms with Crippen molar-refractivity contribution >= 4 is 40.8 Å². The zero-order chi connectivity index (χ0) is 35.4. The summed E-state index contributed by atoms with van der Waals surface area (Å²) in [6, 6.07) is 13.9. The van der Waals surface area contributed by atoms with Crippen molar-refractivity contribution in [3.05, 3.63) is 83.9 Å². The van der Waals surface area contributed by atoms with Crippen molar-refractivity contribution in [3.8, 4) is 17.2 Å². The molecule has 0 aliphatic rings. The van der Waals surface area contributed by atoms with Crippen LogP contribution in [0, 0.1) is 5.92 Å². The Hall–Kier alpha value is -5.36. The van der Waals surface area contributed by atoms with Gasteiger partial charge in [-0.25, -0.2) is 4.79 Å². The lowest BCUT2D eigenvalue weighted by Crippen LogP contribution is -2.23. The van der Waals surface area contributed by atoms with Crippen LogP contribution in [0.2, 0.25) is 0 Å². The first-order valence-corrected chi connectivity index (χ1v) is 15.6. The summed E-state index contributed by atoms with van der Waals surface area (Å²) >= 11 is 0. The zero-order valence-corrected chi connectivity index (χ0v) is 28.2. The van der Waals surface area contributed by atoms with Gasteiger partial charge in [0.15, 0.2) is 0 Å². The van der Waals surface area contributed by atoms with Gasteiger partial charge in [0.2, 0.25) is 5.91 Å². The van der Waals surface area contributed by atoms with Crippen LogP contribution in [-0.4, -0.2) is 55.7 Å². The fourth-order valence-corrected chi connectivity index (χ4v) is 4.17. The third kappa shape index (κ3) is 10.9. The fraction of sp³-hybridized carbons (Fsp3) is 0.333. The summed E-state index contributed by atoms with van der Waals surface area (Å²) in [6.07, 6.45) is 1.00. The SMILES string of the molecule is C=CCOC(=O)c1ccc(NC(=O)c2ccc(NC(=O)c3ccc(NC(=O)CN)c(OC(C)C)c3)c(OCC(C)C)c2)c(OC(C)C)c1. The molecule has 12 heteroatoms. The Morgan fingerprint density at radius 3 is 1.65 bits per heavy atom. The van der Waals surface area contributed by atoms with Gasteiger partial charge in [-0.05, 0) is 88.2 Å². The number of nitrogens with one attached hydrogen (secondary N) is 3. The Morgan fingerprint density at radius 2 is 1.17 bits per heavy atom. The van der Waals surface area contributed by atoms with Gasteiger partial charge in [-0.2, -0.15) is 0 Å². The van der Waals surface area contributed by atoms with Crippen LogP contribution in [0.3, 0.4) is 0 Å². The van der Waals surface area contributed by atoms with Crippen molar-refractivity contribution in [1.82, 2.24) is 0 Å². The molecule has 0 aliphatic heterocycles. The Bertz CT molecular complexity index is 1630. The van der Waals surface area contributed by atoms with E-state index >= 15 is 0 Å². The molecule has 0 atom stereocenters. The van der Waals surface area contributed by atoms with Gasteiger partial charge in [0, 0.05) is 11.1 Å². The highest BCUT2D eigenvalue weighted by molar-refractivity contribution is 6.08. The van der Waals surface area contributed by atoms with Crippen molar-refractivity contribution in [3.63, 3.8) is 0 Å². The zero-order valence-electron chi connectivity index (χ0n) is 28.2. The van der Waals surface area contributed by atoms with Crippen molar-refractivity contribution in [2.45, 2.75) is 53.8 Å². The third-order valence-electron chi connectivity index (χ3n) is 6.29. The topological polar surface area (TPSA) is 167 Å². The molecule has 0 aromatic heterocycles. The number of hydrogen-bond donors (Lipinski definition) is 4. The lowest BCUT2D eigenvalue weighted by molar-refractivity contribution is -0.114. The van der Waals surface area contributed by atoms with Crippen molar-refractivity contribution in [2.75, 3.05) is 35.7 Å². The average molecular weight is 661 g/mol. The molecule has 0 radical (unpaired) electrons. The van der Waals surface area contributed by atoms with E-state index in [0.29, 0.717) is 35.2 Å². The van der Waals surface area contributed by atoms with E-state index in [-0.39, 0.29) is 53.7 Å². The Morgan fingerprint density at radius 1 is 0.708 bits per heavy atom. The molecule has 256 valence electrons. The minimum Gasteiger partial charge on any atom is -0.491 e. The lowest BCUT2D eigenvalue weighted by Gasteiger charge is -2.18. The molecule has 3 aromatic rings. The van der Waals surface area contributed by atoms with Crippen LogP contribution < -0.4 is 35.9 Å². The molecule has 0 aliphatic carbocycles. The van der Waals surface area contributed by atoms with E-state index in [1.807, 2.05) is 41.5 Å². The number of amides is 3. The van der Waals surface area contributed by atoms with E-state index in [1.165, 1.54) is 30.3 Å². The molecule has 0 fully saturated rings. The number of carbonyl (C=O) groups is 4. The summed E-state index contributed by atoms with van der Waals surface area (Å²) in [5.41, 5.74) is 7.29. The largest absolute Gasteiger partial charge is 0.491 e. The quantitative estimate of drug-likeness (QED) is 0.106. The second-order valence-electron chi connectivity index (χ2n) is 11.7. The predicted octanol–water partition coefficient (Wildman–Crippen LogP) is 6.04. The van der Waals surface area contributed by atoms with Gasteiger partial charge in [0.25, 0.3) is 11.8 Å². The summed E-state index contributed by atoms with van der Waals surface area (Å²) < 4.78 is 22.9. The molecule has 0 bridgehead atoms. The van der Waals surface area contributed by atoms with Gasteiger partial charge < -0.3 is 40.6 Å². The summed E-state index contributed by atoms with van der Waals surface area (Å²) in [6.45, 7) is 15.0. The predicted molar refractivity (Wildman–Crippen MR) is 185 cm³/mol. The Labute approximate surface area is 281 Å². The number of rotatable bonds is 16. The molecule has 0 unspecified atom stereocenters. The minimum absolute atomic E-state index is 0.0596. The molecule has 5 N–H and O–H groups in total. The summed E-state index contributed by atoms with van der Waals surface area (Å²) in [7, 11) is 0. The lowest BCUT2D eigenvalue weighted by atomic mass is 10.1. The highest BCUT2D eigenvalue weighted by Crippen LogP contribution is 2.32. The number of carbonyl (C=O) groups excluding carboxylic acids is 4. The monoisotopic (exact) mass is 660 g/mol. The molecule has 12 nitrogen and oxygen atoms in total. The molecule has 3 amide bonds. The minimum atomic E-state index is -0.552. The smallest absolute Gasteiger partial charge is 0.338 e. The normalized spacial score (nSPS) is 10.8. The number of nitrogens with two attached hydrogens (primary N) is 1. The van der Waals surface area contributed by atoms with E-state index in [1.54, 1.807) is 30.3 Å². The van der Waals surface area contributed by atoms with E-state index in [2.05, 4.69) is 22.5 Å². The first-order chi connectivity index (χ1) is 22.8. The standard InChI is InChI=1S/C36H44N4O8/c1-8-15-45-36(44)26-11-14-29(32(18-26)48-23(6)7)40-34(42)24-9-12-27(30(16-24)46-20-21(2)3)39-35(43)25-10-13-28(38-33(41)19-37)31(17-25)47-22(4)5/h8-14,16-18,21-23H,1,15,19-20,37H2,2-7H3,(H,38,41)(H,39,43)(H,40,42). The van der Waals surface area contributed by atoms with Crippen molar-refractivity contribution < 1.29 is 38.1 Å². The van der Waals surface area contributed by atoms with Crippen LogP contribution in [0.5, 0.6) is 17.2 Å². The molecule has 0 saturated carbocycles. The molecule has 0 heterocycles. The number of ether oxygens (including phenoxy) is 4. The molecular weight excluding hydrogens is 616 g/mol. The van der Waals surface area contributed by atoms with Crippen LogP contribution >= 0.6 is 0 Å². The number of esters is 1. The van der Waals surface area contributed by atoms with Crippen molar-refractivity contribution in [1.29, 1.82) is 0 Å². The van der Waals surface area contributed by atoms with E-state index in [4.69, 9.17) is 24.7 Å². The Kier molecular flexibility index (Phi) is 13.5. The van der Waals surface area contributed by atoms with Gasteiger partial charge in [0.05, 0.1) is 48.0 Å². The Balaban J connectivity index is 1.89. The fourth-order valence-electron chi connectivity index (χ4n) is 4.17. The molecule has 48 heavy (non-hydrogen) atoms. The van der Waals surface area contributed by atoms with Gasteiger partial charge in [-0.15, -0.1) is 0 Å². The van der Waals surface area contributed by atoms with E-state index < -0.39 is 23.7 Å². The highest BCUT2D eigenvalue weighted by Gasteiger charge is 2.19.